The second-order valence-corrected chi connectivity index (χ2v) is 6.76. The molecule has 3 aromatic rings. The van der Waals surface area contributed by atoms with E-state index in [1.807, 2.05) is 24.3 Å². The van der Waals surface area contributed by atoms with E-state index in [4.69, 9.17) is 5.11 Å². The van der Waals surface area contributed by atoms with Gasteiger partial charge in [-0.3, -0.25) is 14.9 Å². The predicted molar refractivity (Wildman–Crippen MR) is 99.0 cm³/mol. The summed E-state index contributed by atoms with van der Waals surface area (Å²) in [4.78, 5) is 26.2. The Bertz CT molecular complexity index is 921. The van der Waals surface area contributed by atoms with E-state index >= 15 is 0 Å². The molecule has 126 valence electrons. The first-order chi connectivity index (χ1) is 12.0. The van der Waals surface area contributed by atoms with Crippen molar-refractivity contribution in [2.24, 2.45) is 0 Å². The van der Waals surface area contributed by atoms with Gasteiger partial charge in [0.15, 0.2) is 5.25 Å². The van der Waals surface area contributed by atoms with Crippen molar-refractivity contribution >= 4 is 35.6 Å². The fourth-order valence-corrected chi connectivity index (χ4v) is 3.38. The second kappa shape index (κ2) is 7.04. The van der Waals surface area contributed by atoms with Crippen molar-refractivity contribution in [3.05, 3.63) is 69.8 Å². The van der Waals surface area contributed by atoms with E-state index in [1.165, 1.54) is 23.5 Å². The molecule has 0 saturated carbocycles. The van der Waals surface area contributed by atoms with Crippen LogP contribution in [0.4, 0.5) is 5.69 Å². The average Bonchev–Trinajstić information content (AvgIpc) is 3.11. The standard InChI is InChI=1S/C17H12N2O4S2/c20-17(21)15(24)16-18-9-14(25-16)12-3-1-10(2-4-12)11-5-7-13(8-6-11)19(22)23/h1-9,15,24H,(H,20,21). The first-order valence-electron chi connectivity index (χ1n) is 7.17. The molecule has 1 unspecified atom stereocenters. The molecule has 3 rings (SSSR count). The molecule has 0 fully saturated rings. The number of aliphatic carboxylic acids is 1. The number of aromatic nitrogens is 1. The minimum Gasteiger partial charge on any atom is -0.480 e. The number of nitro benzene ring substituents is 1. The Balaban J connectivity index is 1.83. The lowest BCUT2D eigenvalue weighted by Gasteiger charge is -2.03. The number of carboxylic acid groups (broad SMARTS) is 1. The van der Waals surface area contributed by atoms with Crippen LogP contribution in [-0.2, 0) is 4.79 Å². The van der Waals surface area contributed by atoms with Crippen LogP contribution in [0.2, 0.25) is 0 Å². The number of nitrogens with zero attached hydrogens (tertiary/aromatic N) is 2. The minimum absolute atomic E-state index is 0.0531. The summed E-state index contributed by atoms with van der Waals surface area (Å²) in [7, 11) is 0. The van der Waals surface area contributed by atoms with Crippen molar-refractivity contribution in [2.75, 3.05) is 0 Å². The Morgan fingerprint density at radius 1 is 1.08 bits per heavy atom. The number of thiazole rings is 1. The molecule has 0 radical (unpaired) electrons. The van der Waals surface area contributed by atoms with Gasteiger partial charge in [0, 0.05) is 18.3 Å². The Morgan fingerprint density at radius 3 is 2.12 bits per heavy atom. The van der Waals surface area contributed by atoms with E-state index in [9.17, 15) is 14.9 Å². The number of thiol groups is 1. The van der Waals surface area contributed by atoms with Crippen LogP contribution in [-0.4, -0.2) is 21.0 Å². The highest BCUT2D eigenvalue weighted by atomic mass is 32.1. The highest BCUT2D eigenvalue weighted by Crippen LogP contribution is 2.33. The Morgan fingerprint density at radius 2 is 1.60 bits per heavy atom. The molecule has 0 spiro atoms. The number of rotatable bonds is 5. The zero-order valence-corrected chi connectivity index (χ0v) is 14.4. The summed E-state index contributed by atoms with van der Waals surface area (Å²) in [6, 6.07) is 14.0. The molecule has 0 bridgehead atoms. The van der Waals surface area contributed by atoms with Gasteiger partial charge in [-0.2, -0.15) is 12.6 Å². The summed E-state index contributed by atoms with van der Waals surface area (Å²) in [6.07, 6.45) is 1.63. The van der Waals surface area contributed by atoms with Crippen LogP contribution < -0.4 is 0 Å². The van der Waals surface area contributed by atoms with Gasteiger partial charge in [-0.1, -0.05) is 24.3 Å². The van der Waals surface area contributed by atoms with Crippen molar-refractivity contribution in [3.8, 4) is 21.6 Å². The lowest BCUT2D eigenvalue weighted by Crippen LogP contribution is -2.03. The number of hydrogen-bond donors (Lipinski definition) is 2. The Labute approximate surface area is 152 Å². The zero-order chi connectivity index (χ0) is 18.0. The maximum Gasteiger partial charge on any atom is 0.323 e. The van der Waals surface area contributed by atoms with Crippen LogP contribution in [0.5, 0.6) is 0 Å². The Hall–Kier alpha value is -2.71. The van der Waals surface area contributed by atoms with E-state index in [1.54, 1.807) is 18.3 Å². The van der Waals surface area contributed by atoms with Crippen LogP contribution >= 0.6 is 24.0 Å². The van der Waals surface area contributed by atoms with Gasteiger partial charge >= 0.3 is 5.97 Å². The lowest BCUT2D eigenvalue weighted by atomic mass is 10.0. The lowest BCUT2D eigenvalue weighted by molar-refractivity contribution is -0.384. The molecule has 0 aliphatic rings. The molecule has 1 N–H and O–H groups in total. The monoisotopic (exact) mass is 372 g/mol. The van der Waals surface area contributed by atoms with Crippen molar-refractivity contribution in [3.63, 3.8) is 0 Å². The average molecular weight is 372 g/mol. The fourth-order valence-electron chi connectivity index (χ4n) is 2.26. The maximum atomic E-state index is 11.0. The van der Waals surface area contributed by atoms with Crippen LogP contribution in [0.1, 0.15) is 10.3 Å². The first-order valence-corrected chi connectivity index (χ1v) is 8.51. The number of carbonyl (C=O) groups is 1. The quantitative estimate of drug-likeness (QED) is 0.392. The molecule has 25 heavy (non-hydrogen) atoms. The SMILES string of the molecule is O=C(O)C(S)c1ncc(-c2ccc(-c3ccc([N+](=O)[O-])cc3)cc2)s1. The number of non-ortho nitro benzene ring substituents is 1. The van der Waals surface area contributed by atoms with Gasteiger partial charge in [-0.25, -0.2) is 4.98 Å². The van der Waals surface area contributed by atoms with Crippen molar-refractivity contribution in [1.82, 2.24) is 4.98 Å². The summed E-state index contributed by atoms with van der Waals surface area (Å²) in [6.45, 7) is 0. The van der Waals surface area contributed by atoms with Gasteiger partial charge in [0.2, 0.25) is 0 Å². The maximum absolute atomic E-state index is 11.0. The summed E-state index contributed by atoms with van der Waals surface area (Å²) < 4.78 is 0. The highest BCUT2D eigenvalue weighted by Gasteiger charge is 2.19. The third-order valence-corrected chi connectivity index (χ3v) is 5.32. The topological polar surface area (TPSA) is 93.3 Å². The molecule has 1 heterocycles. The molecule has 0 aliphatic heterocycles. The molecule has 1 aromatic heterocycles. The smallest absolute Gasteiger partial charge is 0.323 e. The van der Waals surface area contributed by atoms with Gasteiger partial charge in [0.25, 0.3) is 5.69 Å². The second-order valence-electron chi connectivity index (χ2n) is 5.18. The van der Waals surface area contributed by atoms with Crippen molar-refractivity contribution in [2.45, 2.75) is 5.25 Å². The molecule has 2 aromatic carbocycles. The van der Waals surface area contributed by atoms with Crippen molar-refractivity contribution in [1.29, 1.82) is 0 Å². The van der Waals surface area contributed by atoms with Gasteiger partial charge < -0.3 is 5.11 Å². The molecule has 1 atom stereocenters. The largest absolute Gasteiger partial charge is 0.480 e. The van der Waals surface area contributed by atoms with E-state index in [0.29, 0.717) is 5.01 Å². The van der Waals surface area contributed by atoms with Gasteiger partial charge in [-0.15, -0.1) is 11.3 Å². The van der Waals surface area contributed by atoms with Gasteiger partial charge in [-0.05, 0) is 28.8 Å². The fraction of sp³-hybridized carbons (Fsp3) is 0.0588. The number of carboxylic acids is 1. The summed E-state index contributed by atoms with van der Waals surface area (Å²) in [5, 5.41) is 19.2. The normalized spacial score (nSPS) is 11.9. The van der Waals surface area contributed by atoms with Crippen LogP contribution in [0.15, 0.2) is 54.7 Å². The number of nitro groups is 1. The first kappa shape index (κ1) is 17.1. The third kappa shape index (κ3) is 3.70. The van der Waals surface area contributed by atoms with Crippen molar-refractivity contribution < 1.29 is 14.8 Å². The zero-order valence-electron chi connectivity index (χ0n) is 12.7. The highest BCUT2D eigenvalue weighted by molar-refractivity contribution is 7.81. The number of benzene rings is 2. The van der Waals surface area contributed by atoms with Gasteiger partial charge in [0.1, 0.15) is 5.01 Å². The molecule has 8 heteroatoms. The minimum atomic E-state index is -1.03. The molecule has 6 nitrogen and oxygen atoms in total. The van der Waals surface area contributed by atoms with E-state index in [2.05, 4.69) is 17.6 Å². The molecule has 0 amide bonds. The molecular formula is C17H12N2O4S2. The molecule has 0 saturated heterocycles. The molecular weight excluding hydrogens is 360 g/mol. The number of hydrogen-bond acceptors (Lipinski definition) is 6. The predicted octanol–water partition coefficient (Wildman–Crippen LogP) is 4.44. The summed E-state index contributed by atoms with van der Waals surface area (Å²) >= 11 is 5.31. The van der Waals surface area contributed by atoms with E-state index < -0.39 is 16.1 Å². The molecule has 0 aliphatic carbocycles. The van der Waals surface area contributed by atoms with Crippen LogP contribution in [0.3, 0.4) is 0 Å². The third-order valence-electron chi connectivity index (χ3n) is 3.57. The summed E-state index contributed by atoms with van der Waals surface area (Å²) in [5.41, 5.74) is 2.78. The Kier molecular flexibility index (Phi) is 4.82. The van der Waals surface area contributed by atoms with E-state index in [-0.39, 0.29) is 5.69 Å². The van der Waals surface area contributed by atoms with E-state index in [0.717, 1.165) is 21.6 Å². The summed E-state index contributed by atoms with van der Waals surface area (Å²) in [5.74, 6) is -1.03. The van der Waals surface area contributed by atoms with Crippen LogP contribution in [0, 0.1) is 10.1 Å². The van der Waals surface area contributed by atoms with Gasteiger partial charge in [0.05, 0.1) is 9.80 Å². The van der Waals surface area contributed by atoms with Crippen LogP contribution in [0.25, 0.3) is 21.6 Å².